The first kappa shape index (κ1) is 9.28. The molecular formula is C4H8Cl2S2. The maximum atomic E-state index is 5.41. The zero-order chi connectivity index (χ0) is 6.24. The van der Waals surface area contributed by atoms with Crippen molar-refractivity contribution in [2.24, 2.45) is 0 Å². The lowest BCUT2D eigenvalue weighted by molar-refractivity contribution is 1.54. The van der Waals surface area contributed by atoms with Crippen molar-refractivity contribution < 1.29 is 0 Å². The summed E-state index contributed by atoms with van der Waals surface area (Å²) in [5, 5.41) is 0. The zero-order valence-corrected chi connectivity index (χ0v) is 7.55. The van der Waals surface area contributed by atoms with Gasteiger partial charge in [-0.05, 0) is 0 Å². The predicted molar refractivity (Wildman–Crippen MR) is 46.4 cm³/mol. The SMILES string of the molecule is ClCCSSCCCl. The molecule has 0 aliphatic rings. The zero-order valence-electron chi connectivity index (χ0n) is 4.40. The predicted octanol–water partition coefficient (Wildman–Crippen LogP) is 2.85. The molecule has 0 aromatic rings. The Morgan fingerprint density at radius 1 is 0.875 bits per heavy atom. The van der Waals surface area contributed by atoms with Crippen LogP contribution in [0.1, 0.15) is 0 Å². The van der Waals surface area contributed by atoms with Crippen molar-refractivity contribution in [1.29, 1.82) is 0 Å². The Morgan fingerprint density at radius 3 is 1.50 bits per heavy atom. The second kappa shape index (κ2) is 8.28. The van der Waals surface area contributed by atoms with Gasteiger partial charge in [-0.1, -0.05) is 21.6 Å². The van der Waals surface area contributed by atoms with Crippen LogP contribution in [0.5, 0.6) is 0 Å². The molecule has 0 bridgehead atoms. The van der Waals surface area contributed by atoms with Gasteiger partial charge in [0.15, 0.2) is 0 Å². The lowest BCUT2D eigenvalue weighted by Crippen LogP contribution is -1.77. The molecule has 4 heteroatoms. The van der Waals surface area contributed by atoms with E-state index in [-0.39, 0.29) is 0 Å². The summed E-state index contributed by atoms with van der Waals surface area (Å²) < 4.78 is 0. The Morgan fingerprint density at radius 2 is 1.25 bits per heavy atom. The molecule has 0 N–H and O–H groups in total. The molecule has 0 spiro atoms. The average Bonchev–Trinajstić information content (AvgIpc) is 1.81. The van der Waals surface area contributed by atoms with Gasteiger partial charge in [-0.2, -0.15) is 0 Å². The van der Waals surface area contributed by atoms with E-state index in [1.54, 1.807) is 21.6 Å². The van der Waals surface area contributed by atoms with E-state index < -0.39 is 0 Å². The minimum absolute atomic E-state index is 0.736. The van der Waals surface area contributed by atoms with E-state index in [1.807, 2.05) is 0 Å². The quantitative estimate of drug-likeness (QED) is 0.372. The van der Waals surface area contributed by atoms with E-state index in [1.165, 1.54) is 0 Å². The van der Waals surface area contributed by atoms with Crippen LogP contribution < -0.4 is 0 Å². The fraction of sp³-hybridized carbons (Fsp3) is 1.00. The summed E-state index contributed by atoms with van der Waals surface area (Å²) in [4.78, 5) is 0. The molecule has 0 radical (unpaired) electrons. The third-order valence-corrected chi connectivity index (χ3v) is 3.64. The summed E-state index contributed by atoms with van der Waals surface area (Å²) >= 11 is 10.8. The number of alkyl halides is 2. The lowest BCUT2D eigenvalue weighted by Gasteiger charge is -1.92. The summed E-state index contributed by atoms with van der Waals surface area (Å²) in [6.45, 7) is 0. The Balaban J connectivity index is 2.53. The maximum Gasteiger partial charge on any atom is 0.0322 e. The highest BCUT2D eigenvalue weighted by Gasteiger charge is 1.85. The van der Waals surface area contributed by atoms with Gasteiger partial charge in [0.05, 0.1) is 0 Å². The first-order chi connectivity index (χ1) is 3.91. The highest BCUT2D eigenvalue weighted by molar-refractivity contribution is 8.76. The minimum Gasteiger partial charge on any atom is -0.126 e. The summed E-state index contributed by atoms with van der Waals surface area (Å²) in [6, 6.07) is 0. The molecule has 8 heavy (non-hydrogen) atoms. The van der Waals surface area contributed by atoms with E-state index in [9.17, 15) is 0 Å². The first-order valence-electron chi connectivity index (χ1n) is 2.28. The van der Waals surface area contributed by atoms with E-state index in [0.717, 1.165) is 23.3 Å². The Bertz CT molecular complexity index is 37.0. The van der Waals surface area contributed by atoms with Crippen LogP contribution in [0.2, 0.25) is 0 Å². The van der Waals surface area contributed by atoms with Gasteiger partial charge in [-0.15, -0.1) is 23.2 Å². The molecule has 0 saturated carbocycles. The number of halogens is 2. The molecule has 0 nitrogen and oxygen atoms in total. The lowest BCUT2D eigenvalue weighted by atomic mass is 11.0. The van der Waals surface area contributed by atoms with Gasteiger partial charge < -0.3 is 0 Å². The standard InChI is InChI=1S/C4H8Cl2S2/c5-1-3-7-8-4-2-6/h1-4H2. The van der Waals surface area contributed by atoms with Gasteiger partial charge in [0.25, 0.3) is 0 Å². The average molecular weight is 191 g/mol. The second-order valence-electron chi connectivity index (χ2n) is 1.02. The smallest absolute Gasteiger partial charge is 0.0322 e. The third-order valence-electron chi connectivity index (χ3n) is 0.404. The van der Waals surface area contributed by atoms with Crippen molar-refractivity contribution in [2.45, 2.75) is 0 Å². The summed E-state index contributed by atoms with van der Waals surface area (Å²) in [5.41, 5.74) is 0. The fourth-order valence-electron chi connectivity index (χ4n) is 0.181. The summed E-state index contributed by atoms with van der Waals surface area (Å²) in [6.07, 6.45) is 0. The normalized spacial score (nSPS) is 9.75. The van der Waals surface area contributed by atoms with Gasteiger partial charge in [-0.25, -0.2) is 0 Å². The van der Waals surface area contributed by atoms with Crippen molar-refractivity contribution in [3.63, 3.8) is 0 Å². The van der Waals surface area contributed by atoms with Gasteiger partial charge in [-0.3, -0.25) is 0 Å². The molecule has 0 aromatic carbocycles. The van der Waals surface area contributed by atoms with Crippen LogP contribution in [0.15, 0.2) is 0 Å². The Hall–Kier alpha value is 1.28. The second-order valence-corrected chi connectivity index (χ2v) is 4.48. The number of rotatable bonds is 5. The van der Waals surface area contributed by atoms with Crippen LogP contribution in [-0.2, 0) is 0 Å². The van der Waals surface area contributed by atoms with Gasteiger partial charge in [0.2, 0.25) is 0 Å². The molecule has 50 valence electrons. The molecule has 0 aliphatic carbocycles. The number of hydrogen-bond donors (Lipinski definition) is 0. The van der Waals surface area contributed by atoms with Crippen LogP contribution in [0, 0.1) is 0 Å². The molecule has 0 unspecified atom stereocenters. The van der Waals surface area contributed by atoms with Crippen LogP contribution in [0.4, 0.5) is 0 Å². The van der Waals surface area contributed by atoms with Crippen LogP contribution in [0.25, 0.3) is 0 Å². The minimum atomic E-state index is 0.736. The van der Waals surface area contributed by atoms with Crippen LogP contribution in [-0.4, -0.2) is 23.3 Å². The fourth-order valence-corrected chi connectivity index (χ4v) is 2.76. The third kappa shape index (κ3) is 7.28. The molecular weight excluding hydrogens is 183 g/mol. The van der Waals surface area contributed by atoms with E-state index >= 15 is 0 Å². The van der Waals surface area contributed by atoms with Crippen LogP contribution >= 0.6 is 44.8 Å². The maximum absolute atomic E-state index is 5.41. The van der Waals surface area contributed by atoms with Crippen molar-refractivity contribution in [2.75, 3.05) is 23.3 Å². The Kier molecular flexibility index (Phi) is 9.60. The molecule has 0 aromatic heterocycles. The largest absolute Gasteiger partial charge is 0.126 e. The molecule has 0 atom stereocenters. The van der Waals surface area contributed by atoms with Crippen molar-refractivity contribution in [3.05, 3.63) is 0 Å². The van der Waals surface area contributed by atoms with Gasteiger partial charge >= 0.3 is 0 Å². The van der Waals surface area contributed by atoms with E-state index in [2.05, 4.69) is 0 Å². The molecule has 0 rings (SSSR count). The Labute approximate surface area is 68.1 Å². The van der Waals surface area contributed by atoms with E-state index in [0.29, 0.717) is 0 Å². The summed E-state index contributed by atoms with van der Waals surface area (Å²) in [7, 11) is 3.56. The van der Waals surface area contributed by atoms with Crippen molar-refractivity contribution in [1.82, 2.24) is 0 Å². The van der Waals surface area contributed by atoms with Gasteiger partial charge in [0, 0.05) is 23.3 Å². The summed E-state index contributed by atoms with van der Waals surface area (Å²) in [5.74, 6) is 3.51. The van der Waals surface area contributed by atoms with Crippen LogP contribution in [0.3, 0.4) is 0 Å². The molecule has 0 saturated heterocycles. The molecule has 0 heterocycles. The molecule has 0 aliphatic heterocycles. The van der Waals surface area contributed by atoms with E-state index in [4.69, 9.17) is 23.2 Å². The highest BCUT2D eigenvalue weighted by atomic mass is 35.5. The topological polar surface area (TPSA) is 0 Å². The monoisotopic (exact) mass is 190 g/mol. The van der Waals surface area contributed by atoms with Gasteiger partial charge in [0.1, 0.15) is 0 Å². The molecule has 0 fully saturated rings. The van der Waals surface area contributed by atoms with Crippen molar-refractivity contribution >= 4 is 44.8 Å². The molecule has 0 amide bonds. The van der Waals surface area contributed by atoms with Crippen molar-refractivity contribution in [3.8, 4) is 0 Å². The highest BCUT2D eigenvalue weighted by Crippen LogP contribution is 2.20. The first-order valence-corrected chi connectivity index (χ1v) is 5.84. The number of hydrogen-bond acceptors (Lipinski definition) is 2.